The third kappa shape index (κ3) is 6.62. The van der Waals surface area contributed by atoms with E-state index in [1.165, 1.54) is 19.3 Å². The molecule has 1 rings (SSSR count). The summed E-state index contributed by atoms with van der Waals surface area (Å²) in [5.74, 6) is 0.216. The Morgan fingerprint density at radius 3 is 2.32 bits per heavy atom. The lowest BCUT2D eigenvalue weighted by molar-refractivity contribution is 0.588. The van der Waals surface area contributed by atoms with Crippen molar-refractivity contribution in [1.82, 2.24) is 0 Å². The van der Waals surface area contributed by atoms with E-state index < -0.39 is 10.0 Å². The molecular formula is C15H25NO2S. The van der Waals surface area contributed by atoms with Gasteiger partial charge in [0, 0.05) is 0 Å². The van der Waals surface area contributed by atoms with E-state index in [-0.39, 0.29) is 5.75 Å². The van der Waals surface area contributed by atoms with Crippen molar-refractivity contribution < 1.29 is 8.42 Å². The summed E-state index contributed by atoms with van der Waals surface area (Å²) < 4.78 is 26.5. The minimum absolute atomic E-state index is 0.216. The van der Waals surface area contributed by atoms with E-state index in [4.69, 9.17) is 0 Å². The molecule has 0 atom stereocenters. The second-order valence-electron chi connectivity index (χ2n) is 5.00. The Morgan fingerprint density at radius 2 is 1.63 bits per heavy atom. The Balaban J connectivity index is 2.34. The second-order valence-corrected chi connectivity index (χ2v) is 6.85. The molecule has 0 radical (unpaired) electrons. The molecule has 3 nitrogen and oxygen atoms in total. The van der Waals surface area contributed by atoms with Gasteiger partial charge in [0.1, 0.15) is 0 Å². The zero-order valence-electron chi connectivity index (χ0n) is 12.0. The van der Waals surface area contributed by atoms with Crippen molar-refractivity contribution in [2.75, 3.05) is 10.5 Å². The van der Waals surface area contributed by atoms with Gasteiger partial charge >= 0.3 is 0 Å². The molecule has 0 saturated heterocycles. The number of hydrogen-bond donors (Lipinski definition) is 1. The van der Waals surface area contributed by atoms with Gasteiger partial charge in [-0.3, -0.25) is 4.72 Å². The molecule has 0 spiro atoms. The predicted octanol–water partition coefficient (Wildman–Crippen LogP) is 4.10. The van der Waals surface area contributed by atoms with Gasteiger partial charge < -0.3 is 0 Å². The van der Waals surface area contributed by atoms with Gasteiger partial charge in [0.25, 0.3) is 0 Å². The van der Waals surface area contributed by atoms with Crippen LogP contribution in [-0.2, 0) is 10.0 Å². The van der Waals surface area contributed by atoms with E-state index in [0.717, 1.165) is 24.8 Å². The van der Waals surface area contributed by atoms with Crippen LogP contribution in [-0.4, -0.2) is 14.2 Å². The molecule has 4 heteroatoms. The highest BCUT2D eigenvalue weighted by atomic mass is 32.2. The van der Waals surface area contributed by atoms with Crippen molar-refractivity contribution in [3.8, 4) is 0 Å². The van der Waals surface area contributed by atoms with Gasteiger partial charge in [-0.15, -0.1) is 0 Å². The van der Waals surface area contributed by atoms with E-state index in [2.05, 4.69) is 11.6 Å². The van der Waals surface area contributed by atoms with Crippen LogP contribution in [0.25, 0.3) is 0 Å². The Labute approximate surface area is 117 Å². The highest BCUT2D eigenvalue weighted by molar-refractivity contribution is 7.92. The van der Waals surface area contributed by atoms with Crippen molar-refractivity contribution >= 4 is 15.7 Å². The topological polar surface area (TPSA) is 46.2 Å². The number of unbranched alkanes of at least 4 members (excludes halogenated alkanes) is 5. The summed E-state index contributed by atoms with van der Waals surface area (Å²) in [6.07, 6.45) is 6.54. The fraction of sp³-hybridized carbons (Fsp3) is 0.600. The van der Waals surface area contributed by atoms with Crippen molar-refractivity contribution in [1.29, 1.82) is 0 Å². The Morgan fingerprint density at radius 1 is 1.00 bits per heavy atom. The third-order valence-corrected chi connectivity index (χ3v) is 4.53. The van der Waals surface area contributed by atoms with Crippen LogP contribution in [0.2, 0.25) is 0 Å². The molecule has 0 aromatic heterocycles. The molecule has 0 heterocycles. The molecule has 0 bridgehead atoms. The minimum Gasteiger partial charge on any atom is -0.283 e. The maximum atomic E-state index is 11.9. The zero-order valence-corrected chi connectivity index (χ0v) is 12.8. The summed E-state index contributed by atoms with van der Waals surface area (Å²) in [6, 6.07) is 7.45. The lowest BCUT2D eigenvalue weighted by Gasteiger charge is -2.10. The predicted molar refractivity (Wildman–Crippen MR) is 82.0 cm³/mol. The van der Waals surface area contributed by atoms with Crippen molar-refractivity contribution in [2.45, 2.75) is 52.4 Å². The number of anilines is 1. The molecule has 0 aliphatic rings. The van der Waals surface area contributed by atoms with E-state index in [1.807, 2.05) is 25.1 Å². The number of rotatable bonds is 9. The summed E-state index contributed by atoms with van der Waals surface area (Å²) in [4.78, 5) is 0. The molecule has 19 heavy (non-hydrogen) atoms. The van der Waals surface area contributed by atoms with Crippen LogP contribution in [0.15, 0.2) is 24.3 Å². The number of hydrogen-bond acceptors (Lipinski definition) is 2. The van der Waals surface area contributed by atoms with Gasteiger partial charge in [-0.25, -0.2) is 8.42 Å². The van der Waals surface area contributed by atoms with Gasteiger partial charge in [-0.05, 0) is 25.0 Å². The Hall–Kier alpha value is -1.03. The van der Waals surface area contributed by atoms with E-state index in [9.17, 15) is 8.42 Å². The monoisotopic (exact) mass is 283 g/mol. The summed E-state index contributed by atoms with van der Waals surface area (Å²) in [5.41, 5.74) is 1.64. The van der Waals surface area contributed by atoms with E-state index >= 15 is 0 Å². The molecule has 0 aliphatic heterocycles. The first-order valence-electron chi connectivity index (χ1n) is 7.11. The second kappa shape index (κ2) is 8.20. The molecule has 1 aromatic rings. The molecule has 0 amide bonds. The summed E-state index contributed by atoms with van der Waals surface area (Å²) in [6.45, 7) is 4.08. The number of sulfonamides is 1. The van der Waals surface area contributed by atoms with Gasteiger partial charge in [0.2, 0.25) is 10.0 Å². The summed E-state index contributed by atoms with van der Waals surface area (Å²) >= 11 is 0. The van der Waals surface area contributed by atoms with Crippen LogP contribution in [0.1, 0.15) is 51.0 Å². The fourth-order valence-electron chi connectivity index (χ4n) is 1.98. The molecule has 0 unspecified atom stereocenters. The van der Waals surface area contributed by atoms with Crippen LogP contribution in [0, 0.1) is 6.92 Å². The molecule has 1 N–H and O–H groups in total. The number of para-hydroxylation sites is 1. The first-order valence-corrected chi connectivity index (χ1v) is 8.76. The minimum atomic E-state index is -3.20. The normalized spacial score (nSPS) is 11.5. The highest BCUT2D eigenvalue weighted by Gasteiger charge is 2.10. The molecule has 0 fully saturated rings. The number of nitrogens with one attached hydrogen (secondary N) is 1. The highest BCUT2D eigenvalue weighted by Crippen LogP contribution is 2.15. The van der Waals surface area contributed by atoms with Crippen LogP contribution in [0.3, 0.4) is 0 Å². The van der Waals surface area contributed by atoms with E-state index in [0.29, 0.717) is 5.69 Å². The lowest BCUT2D eigenvalue weighted by atomic mass is 10.1. The average molecular weight is 283 g/mol. The van der Waals surface area contributed by atoms with Crippen LogP contribution in [0.4, 0.5) is 5.69 Å². The smallest absolute Gasteiger partial charge is 0.232 e. The van der Waals surface area contributed by atoms with Crippen LogP contribution >= 0.6 is 0 Å². The fourth-order valence-corrected chi connectivity index (χ4v) is 3.23. The maximum Gasteiger partial charge on any atom is 0.232 e. The molecule has 0 aliphatic carbocycles. The zero-order chi connectivity index (χ0) is 14.1. The molecule has 108 valence electrons. The number of aryl methyl sites for hydroxylation is 1. The quantitative estimate of drug-likeness (QED) is 0.694. The van der Waals surface area contributed by atoms with Crippen molar-refractivity contribution in [2.24, 2.45) is 0 Å². The van der Waals surface area contributed by atoms with Gasteiger partial charge in [0.15, 0.2) is 0 Å². The molecular weight excluding hydrogens is 258 g/mol. The first-order chi connectivity index (χ1) is 9.05. The maximum absolute atomic E-state index is 11.9. The SMILES string of the molecule is CCCCCCCCS(=O)(=O)Nc1ccccc1C. The largest absolute Gasteiger partial charge is 0.283 e. The number of benzene rings is 1. The molecule has 1 aromatic carbocycles. The van der Waals surface area contributed by atoms with Crippen molar-refractivity contribution in [3.05, 3.63) is 29.8 Å². The van der Waals surface area contributed by atoms with Gasteiger partial charge in [-0.2, -0.15) is 0 Å². The van der Waals surface area contributed by atoms with Crippen molar-refractivity contribution in [3.63, 3.8) is 0 Å². The Bertz CT molecular complexity index is 469. The van der Waals surface area contributed by atoms with Gasteiger partial charge in [-0.1, -0.05) is 57.2 Å². The van der Waals surface area contributed by atoms with Crippen LogP contribution < -0.4 is 4.72 Å². The van der Waals surface area contributed by atoms with Gasteiger partial charge in [0.05, 0.1) is 11.4 Å². The summed E-state index contributed by atoms with van der Waals surface area (Å²) in [7, 11) is -3.20. The average Bonchev–Trinajstić information content (AvgIpc) is 2.36. The molecule has 0 saturated carbocycles. The van der Waals surface area contributed by atoms with E-state index in [1.54, 1.807) is 6.07 Å². The standard InChI is InChI=1S/C15H25NO2S/c1-3-4-5-6-7-10-13-19(17,18)16-15-12-9-8-11-14(15)2/h8-9,11-12,16H,3-7,10,13H2,1-2H3. The van der Waals surface area contributed by atoms with Crippen LogP contribution in [0.5, 0.6) is 0 Å². The Kier molecular flexibility index (Phi) is 6.92. The summed E-state index contributed by atoms with van der Waals surface area (Å²) in [5, 5.41) is 0. The first kappa shape index (κ1) is 16.0. The third-order valence-electron chi connectivity index (χ3n) is 3.18. The lowest BCUT2D eigenvalue weighted by Crippen LogP contribution is -2.17.